The van der Waals surface area contributed by atoms with Crippen molar-refractivity contribution in [3.05, 3.63) is 71.8 Å². The van der Waals surface area contributed by atoms with Gasteiger partial charge in [-0.2, -0.15) is 9.88 Å². The standard InChI is InChI=1S/2C14H18BrFO2.C9H13FO6.C6H8O4.4C2H2F4O.2CH2F2O.CH3FO/c2*1-14(2,13(17)18-9-8-16)10-12(15)11-6-4-3-5-7-11;1-5(8(12)14-4-10)16-9(13)6(2)15-7(3)11;1-3-5(7)10-4(2)6(8)9-3;4*3-1-7-2(4,5)6;2*2-1-4-3;2-1-3/h2*3-7,12H,8-10H2,1-2H3;5-6H,4H2,1-3H3;3-4H,1-2H3;4*1H2;2*1H2;3H,1H2. The van der Waals surface area contributed by atoms with Gasteiger partial charge in [-0.25, -0.2) is 63.1 Å². The van der Waals surface area contributed by atoms with E-state index in [0.29, 0.717) is 12.8 Å². The second-order valence-corrected chi connectivity index (χ2v) is 20.2. The van der Waals surface area contributed by atoms with Crippen LogP contribution >= 0.6 is 31.9 Å². The predicted molar refractivity (Wildman–Crippen MR) is 304 cm³/mol. The topological polar surface area (TPSA) is 260 Å². The van der Waals surface area contributed by atoms with Gasteiger partial charge in [-0.1, -0.05) is 92.5 Å². The molecule has 6 unspecified atom stereocenters. The van der Waals surface area contributed by atoms with Gasteiger partial charge in [0.25, 0.3) is 0 Å². The van der Waals surface area contributed by atoms with Crippen LogP contribution in [0.5, 0.6) is 0 Å². The fourth-order valence-electron chi connectivity index (χ4n) is 4.95. The molecule has 47 heteroatoms. The fourth-order valence-corrected chi connectivity index (χ4v) is 7.17. The molecule has 1 heterocycles. The molecule has 21 nitrogen and oxygen atoms in total. The van der Waals surface area contributed by atoms with Crippen LogP contribution in [0.15, 0.2) is 60.7 Å². The van der Waals surface area contributed by atoms with Crippen LogP contribution in [0.4, 0.5) is 106 Å². The van der Waals surface area contributed by atoms with Crippen molar-refractivity contribution < 1.29 is 206 Å². The maximum absolute atomic E-state index is 12.0. The second kappa shape index (κ2) is 64.6. The van der Waals surface area contributed by atoms with Crippen molar-refractivity contribution in [3.63, 3.8) is 0 Å². The van der Waals surface area contributed by atoms with Crippen LogP contribution in [-0.2, 0) is 95.6 Å². The van der Waals surface area contributed by atoms with Crippen LogP contribution in [0.3, 0.4) is 0 Å². The Hall–Kier alpha value is -6.27. The number of esters is 7. The maximum atomic E-state index is 12.0. The van der Waals surface area contributed by atoms with Gasteiger partial charge in [-0.15, -0.1) is 52.7 Å². The fraction of sp³-hybridized carbons (Fsp3) is 0.648. The normalized spacial score (nSPS) is 14.2. The monoisotopic (exact) mass is 1670 g/mol. The minimum atomic E-state index is -4.82. The van der Waals surface area contributed by atoms with Crippen molar-refractivity contribution in [1.82, 2.24) is 0 Å². The Balaban J connectivity index is -0.000000164. The third kappa shape index (κ3) is 77.7. The molecule has 6 atom stereocenters. The Morgan fingerprint density at radius 3 is 0.921 bits per heavy atom. The minimum Gasteiger partial charge on any atom is -0.462 e. The highest BCUT2D eigenvalue weighted by molar-refractivity contribution is 9.09. The molecule has 2 aromatic carbocycles. The molecule has 1 fully saturated rings. The molecular formula is C54H72Br2F24O21. The largest absolute Gasteiger partial charge is 0.524 e. The van der Waals surface area contributed by atoms with E-state index in [9.17, 15) is 139 Å². The zero-order valence-electron chi connectivity index (χ0n) is 54.1. The maximum Gasteiger partial charge on any atom is 0.524 e. The molecule has 1 saturated heterocycles. The third-order valence-electron chi connectivity index (χ3n) is 9.13. The molecule has 3 rings (SSSR count). The summed E-state index contributed by atoms with van der Waals surface area (Å²) in [6.45, 7) is -0.279. The quantitative estimate of drug-likeness (QED) is 0.0469. The van der Waals surface area contributed by atoms with E-state index in [0.717, 1.165) is 18.1 Å². The van der Waals surface area contributed by atoms with E-state index in [1.807, 2.05) is 88.4 Å². The molecule has 101 heavy (non-hydrogen) atoms. The van der Waals surface area contributed by atoms with E-state index in [2.05, 4.69) is 84.4 Å². The Morgan fingerprint density at radius 1 is 0.465 bits per heavy atom. The van der Waals surface area contributed by atoms with Crippen molar-refractivity contribution in [2.75, 3.05) is 81.4 Å². The number of carbonyl (C=O) groups is 7. The molecule has 0 bridgehead atoms. The van der Waals surface area contributed by atoms with Crippen molar-refractivity contribution in [1.29, 1.82) is 0 Å². The van der Waals surface area contributed by atoms with Gasteiger partial charge in [0.15, 0.2) is 58.7 Å². The summed E-state index contributed by atoms with van der Waals surface area (Å²) in [5.74, 6) is -4.24. The lowest BCUT2D eigenvalue weighted by atomic mass is 9.86. The van der Waals surface area contributed by atoms with E-state index in [-0.39, 0.29) is 34.8 Å². The van der Waals surface area contributed by atoms with E-state index in [4.69, 9.17) is 14.6 Å². The van der Waals surface area contributed by atoms with Gasteiger partial charge in [0.2, 0.25) is 20.6 Å². The Labute approximate surface area is 577 Å². The average molecular weight is 1670 g/mol. The molecule has 2 aromatic rings. The zero-order chi connectivity index (χ0) is 80.8. The molecule has 1 N–H and O–H groups in total. The lowest BCUT2D eigenvalue weighted by Gasteiger charge is -2.25. The number of aliphatic hydroxyl groups excluding tert-OH is 1. The van der Waals surface area contributed by atoms with Crippen molar-refractivity contribution >= 4 is 73.6 Å². The minimum absolute atomic E-state index is 0.0756. The first-order valence-electron chi connectivity index (χ1n) is 26.6. The average Bonchev–Trinajstić information content (AvgIpc) is 0.868. The van der Waals surface area contributed by atoms with Crippen molar-refractivity contribution in [2.24, 2.45) is 10.8 Å². The first-order chi connectivity index (χ1) is 46.4. The van der Waals surface area contributed by atoms with Crippen LogP contribution < -0.4 is 0 Å². The SMILES string of the molecule is CC(=O)OC(C)C(=O)OC(C)C(=O)OCF.CC(C)(CC(Br)c1ccccc1)C(=O)OCCF.CC(C)(CC(Br)c1ccccc1)C(=O)OCCF.CC1OC(=O)C(C)OC1=O.FCOC(F)(F)F.FCOC(F)(F)F.FCOC(F)(F)F.FCOC(F)(F)F.FCOF.FCOF.OCF. The van der Waals surface area contributed by atoms with Crippen LogP contribution in [0, 0.1) is 10.8 Å². The Bertz CT molecular complexity index is 2210. The van der Waals surface area contributed by atoms with Crippen molar-refractivity contribution in [3.8, 4) is 0 Å². The molecular weight excluding hydrogens is 1600 g/mol. The highest BCUT2D eigenvalue weighted by Gasteiger charge is 2.36. The van der Waals surface area contributed by atoms with E-state index in [1.165, 1.54) is 27.7 Å². The summed E-state index contributed by atoms with van der Waals surface area (Å²) in [5.41, 5.74) is 0.950. The van der Waals surface area contributed by atoms with Crippen LogP contribution in [0.25, 0.3) is 0 Å². The molecule has 0 aromatic heterocycles. The number of alkyl halides is 24. The predicted octanol–water partition coefficient (Wildman–Crippen LogP) is 15.6. The first kappa shape index (κ1) is 111. The van der Waals surface area contributed by atoms with E-state index in [1.54, 1.807) is 0 Å². The molecule has 1 aliphatic heterocycles. The number of aliphatic hydroxyl groups is 1. The summed E-state index contributed by atoms with van der Waals surface area (Å²) in [4.78, 5) is 82.3. The molecule has 1 aliphatic rings. The van der Waals surface area contributed by atoms with Crippen LogP contribution in [0.1, 0.15) is 95.9 Å². The summed E-state index contributed by atoms with van der Waals surface area (Å²) < 4.78 is 297. The number of carbonyl (C=O) groups excluding carboxylic acids is 7. The van der Waals surface area contributed by atoms with Gasteiger partial charge < -0.3 is 38.3 Å². The second-order valence-electron chi connectivity index (χ2n) is 18.0. The lowest BCUT2D eigenvalue weighted by Crippen LogP contribution is -2.40. The van der Waals surface area contributed by atoms with Crippen LogP contribution in [0.2, 0.25) is 0 Å². The first-order valence-corrected chi connectivity index (χ1v) is 28.4. The van der Waals surface area contributed by atoms with Gasteiger partial charge in [-0.3, -0.25) is 33.3 Å². The number of halogens is 26. The van der Waals surface area contributed by atoms with Gasteiger partial charge in [0.1, 0.15) is 26.6 Å². The molecule has 0 aliphatic carbocycles. The smallest absolute Gasteiger partial charge is 0.462 e. The molecule has 0 saturated carbocycles. The number of rotatable bonds is 23. The lowest BCUT2D eigenvalue weighted by molar-refractivity contribution is -0.337. The Morgan fingerprint density at radius 2 is 0.723 bits per heavy atom. The van der Waals surface area contributed by atoms with Crippen LogP contribution in [-0.4, -0.2) is 178 Å². The van der Waals surface area contributed by atoms with Crippen molar-refractivity contribution in [2.45, 2.75) is 135 Å². The highest BCUT2D eigenvalue weighted by Crippen LogP contribution is 2.38. The Kier molecular flexibility index (Phi) is 70.7. The molecule has 0 amide bonds. The molecule has 0 radical (unpaired) electrons. The number of benzene rings is 2. The summed E-state index contributed by atoms with van der Waals surface area (Å²) in [6.07, 6.45) is -22.0. The molecule has 0 spiro atoms. The van der Waals surface area contributed by atoms with E-state index < -0.39 is 159 Å². The summed E-state index contributed by atoms with van der Waals surface area (Å²) in [7, 11) is 0. The third-order valence-corrected chi connectivity index (χ3v) is 10.8. The number of hydrogen-bond donors (Lipinski definition) is 1. The van der Waals surface area contributed by atoms with Gasteiger partial charge in [-0.05, 0) is 88.4 Å². The molecule has 596 valence electrons. The summed E-state index contributed by atoms with van der Waals surface area (Å²) >= 11 is 7.15. The van der Waals surface area contributed by atoms with E-state index >= 15 is 0 Å². The zero-order valence-corrected chi connectivity index (χ0v) is 57.2. The van der Waals surface area contributed by atoms with Gasteiger partial charge >= 0.3 is 67.2 Å². The number of hydrogen-bond acceptors (Lipinski definition) is 21. The summed E-state index contributed by atoms with van der Waals surface area (Å²) in [5, 5.41) is 6.90. The number of cyclic esters (lactones) is 2. The number of ether oxygens (including phenoxy) is 11. The van der Waals surface area contributed by atoms with Gasteiger partial charge in [0, 0.05) is 16.6 Å². The van der Waals surface area contributed by atoms with Gasteiger partial charge in [0.05, 0.1) is 10.8 Å². The summed E-state index contributed by atoms with van der Waals surface area (Å²) in [6, 6.07) is 19.7. The highest BCUT2D eigenvalue weighted by atomic mass is 79.9.